The molecule has 0 spiro atoms. The Labute approximate surface area is 149 Å². The van der Waals surface area contributed by atoms with Gasteiger partial charge in [-0.2, -0.15) is 0 Å². The first-order valence-electron chi connectivity index (χ1n) is 6.01. The molecule has 2 rings (SSSR count). The van der Waals surface area contributed by atoms with Gasteiger partial charge < -0.3 is 5.32 Å². The van der Waals surface area contributed by atoms with Crippen LogP contribution < -0.4 is 5.32 Å². The summed E-state index contributed by atoms with van der Waals surface area (Å²) in [4.78, 5) is 0. The van der Waals surface area contributed by atoms with E-state index in [9.17, 15) is 0 Å². The molecule has 2 aromatic rings. The van der Waals surface area contributed by atoms with E-state index < -0.39 is 0 Å². The Bertz CT molecular complexity index is 643. The van der Waals surface area contributed by atoms with Gasteiger partial charge in [0.05, 0.1) is 6.04 Å². The van der Waals surface area contributed by atoms with Crippen molar-refractivity contribution in [2.75, 3.05) is 7.05 Å². The molecule has 0 bridgehead atoms. The minimum atomic E-state index is 0.0768. The summed E-state index contributed by atoms with van der Waals surface area (Å²) in [5.41, 5.74) is 3.52. The summed E-state index contributed by atoms with van der Waals surface area (Å²) in [6, 6.07) is 10.2. The lowest BCUT2D eigenvalue weighted by Gasteiger charge is -2.21. The fourth-order valence-electron chi connectivity index (χ4n) is 2.10. The number of rotatable bonds is 3. The summed E-state index contributed by atoms with van der Waals surface area (Å²) in [6.07, 6.45) is 0. The molecule has 5 heteroatoms. The maximum Gasteiger partial charge on any atom is 0.0597 e. The van der Waals surface area contributed by atoms with Crippen molar-refractivity contribution in [3.05, 3.63) is 65.5 Å². The number of halogens is 4. The monoisotopic (exact) mass is 479 g/mol. The molecule has 0 saturated carbocycles. The van der Waals surface area contributed by atoms with Gasteiger partial charge in [0.1, 0.15) is 0 Å². The van der Waals surface area contributed by atoms with Crippen LogP contribution in [0.2, 0.25) is 5.02 Å². The third-order valence-electron chi connectivity index (χ3n) is 3.15. The molecule has 0 radical (unpaired) electrons. The van der Waals surface area contributed by atoms with Crippen molar-refractivity contribution in [2.24, 2.45) is 0 Å². The van der Waals surface area contributed by atoms with Gasteiger partial charge in [0.2, 0.25) is 0 Å². The molecule has 1 nitrogen and oxygen atoms in total. The lowest BCUT2D eigenvalue weighted by Crippen LogP contribution is -2.18. The Morgan fingerprint density at radius 3 is 2.20 bits per heavy atom. The van der Waals surface area contributed by atoms with Crippen molar-refractivity contribution >= 4 is 59.4 Å². The number of benzene rings is 2. The maximum absolute atomic E-state index is 6.02. The Morgan fingerprint density at radius 1 is 0.950 bits per heavy atom. The molecule has 0 aliphatic heterocycles. The Hall–Kier alpha value is 0.130. The van der Waals surface area contributed by atoms with Gasteiger partial charge in [-0.25, -0.2) is 0 Å². The van der Waals surface area contributed by atoms with Crippen molar-refractivity contribution in [2.45, 2.75) is 13.0 Å². The fraction of sp³-hybridized carbons (Fsp3) is 0.200. The molecule has 0 saturated heterocycles. The first kappa shape index (κ1) is 16.5. The minimum absolute atomic E-state index is 0.0768. The Balaban J connectivity index is 2.55. The molecule has 0 fully saturated rings. The standard InChI is InChI=1S/C15H13Br3ClN/c1-8-5-13(17)11(7-12(8)16)15(20-2)10-4-3-9(19)6-14(10)18/h3-7,15,20H,1-2H3. The Kier molecular flexibility index (Phi) is 5.71. The normalized spacial score (nSPS) is 12.5. The molecular weight excluding hydrogens is 469 g/mol. The molecule has 1 atom stereocenters. The van der Waals surface area contributed by atoms with Crippen LogP contribution in [0.1, 0.15) is 22.7 Å². The first-order valence-corrected chi connectivity index (χ1v) is 8.77. The molecule has 1 N–H and O–H groups in total. The molecule has 2 aromatic carbocycles. The van der Waals surface area contributed by atoms with Crippen molar-refractivity contribution < 1.29 is 0 Å². The summed E-state index contributed by atoms with van der Waals surface area (Å²) < 4.78 is 3.17. The topological polar surface area (TPSA) is 12.0 Å². The first-order chi connectivity index (χ1) is 9.43. The molecule has 106 valence electrons. The van der Waals surface area contributed by atoms with E-state index in [0.717, 1.165) is 24.0 Å². The van der Waals surface area contributed by atoms with Gasteiger partial charge in [-0.05, 0) is 54.9 Å². The van der Waals surface area contributed by atoms with Gasteiger partial charge in [0.25, 0.3) is 0 Å². The second kappa shape index (κ2) is 6.93. The van der Waals surface area contributed by atoms with E-state index in [1.54, 1.807) is 0 Å². The van der Waals surface area contributed by atoms with Crippen LogP contribution in [0.25, 0.3) is 0 Å². The fourth-order valence-corrected chi connectivity index (χ4v) is 4.06. The van der Waals surface area contributed by atoms with E-state index in [0.29, 0.717) is 0 Å². The van der Waals surface area contributed by atoms with Crippen LogP contribution in [0.4, 0.5) is 0 Å². The molecule has 0 aromatic heterocycles. The number of hydrogen-bond donors (Lipinski definition) is 1. The van der Waals surface area contributed by atoms with Crippen molar-refractivity contribution in [1.29, 1.82) is 0 Å². The highest BCUT2D eigenvalue weighted by Crippen LogP contribution is 2.36. The zero-order valence-electron chi connectivity index (χ0n) is 11.0. The highest BCUT2D eigenvalue weighted by atomic mass is 79.9. The predicted molar refractivity (Wildman–Crippen MR) is 96.6 cm³/mol. The van der Waals surface area contributed by atoms with Crippen molar-refractivity contribution in [3.8, 4) is 0 Å². The summed E-state index contributed by atoms with van der Waals surface area (Å²) in [5.74, 6) is 0. The molecule has 0 amide bonds. The average Bonchev–Trinajstić information content (AvgIpc) is 2.38. The molecule has 1 unspecified atom stereocenters. The van der Waals surface area contributed by atoms with Crippen molar-refractivity contribution in [3.63, 3.8) is 0 Å². The maximum atomic E-state index is 6.02. The molecule has 0 aliphatic rings. The smallest absolute Gasteiger partial charge is 0.0597 e. The minimum Gasteiger partial charge on any atom is -0.309 e. The van der Waals surface area contributed by atoms with Crippen LogP contribution >= 0.6 is 59.4 Å². The van der Waals surface area contributed by atoms with Crippen LogP contribution in [-0.4, -0.2) is 7.05 Å². The molecule has 0 aliphatic carbocycles. The highest BCUT2D eigenvalue weighted by Gasteiger charge is 2.18. The lowest BCUT2D eigenvalue weighted by molar-refractivity contribution is 0.685. The number of hydrogen-bond acceptors (Lipinski definition) is 1. The van der Waals surface area contributed by atoms with Crippen LogP contribution in [0, 0.1) is 6.92 Å². The van der Waals surface area contributed by atoms with Gasteiger partial charge >= 0.3 is 0 Å². The second-order valence-electron chi connectivity index (χ2n) is 4.51. The quantitative estimate of drug-likeness (QED) is 0.546. The number of nitrogens with one attached hydrogen (secondary N) is 1. The van der Waals surface area contributed by atoms with Crippen LogP contribution in [0.3, 0.4) is 0 Å². The average molecular weight is 482 g/mol. The zero-order chi connectivity index (χ0) is 14.9. The summed E-state index contributed by atoms with van der Waals surface area (Å²) in [5, 5.41) is 4.08. The van der Waals surface area contributed by atoms with Gasteiger partial charge in [-0.1, -0.05) is 65.5 Å². The Morgan fingerprint density at radius 2 is 1.60 bits per heavy atom. The summed E-state index contributed by atoms with van der Waals surface area (Å²) in [6.45, 7) is 2.07. The van der Waals surface area contributed by atoms with Crippen molar-refractivity contribution in [1.82, 2.24) is 5.32 Å². The summed E-state index contributed by atoms with van der Waals surface area (Å²) in [7, 11) is 1.95. The largest absolute Gasteiger partial charge is 0.309 e. The van der Waals surface area contributed by atoms with E-state index in [1.165, 1.54) is 11.1 Å². The van der Waals surface area contributed by atoms with Gasteiger partial charge in [0, 0.05) is 18.4 Å². The van der Waals surface area contributed by atoms with Crippen LogP contribution in [0.15, 0.2) is 43.7 Å². The molecular formula is C15H13Br3ClN. The van der Waals surface area contributed by atoms with E-state index in [2.05, 4.69) is 72.2 Å². The van der Waals surface area contributed by atoms with Gasteiger partial charge in [-0.15, -0.1) is 0 Å². The molecule has 20 heavy (non-hydrogen) atoms. The SMILES string of the molecule is CNC(c1ccc(Cl)cc1Br)c1cc(Br)c(C)cc1Br. The molecule has 0 heterocycles. The summed E-state index contributed by atoms with van der Waals surface area (Å²) >= 11 is 16.9. The van der Waals surface area contributed by atoms with E-state index in [4.69, 9.17) is 11.6 Å². The number of aryl methyl sites for hydroxylation is 1. The van der Waals surface area contributed by atoms with E-state index in [1.807, 2.05) is 25.2 Å². The second-order valence-corrected chi connectivity index (χ2v) is 7.51. The predicted octanol–water partition coefficient (Wildman–Crippen LogP) is 6.24. The highest BCUT2D eigenvalue weighted by molar-refractivity contribution is 9.11. The van der Waals surface area contributed by atoms with Gasteiger partial charge in [-0.3, -0.25) is 0 Å². The van der Waals surface area contributed by atoms with Crippen LogP contribution in [-0.2, 0) is 0 Å². The van der Waals surface area contributed by atoms with Gasteiger partial charge in [0.15, 0.2) is 0 Å². The zero-order valence-corrected chi connectivity index (χ0v) is 16.5. The third-order valence-corrected chi connectivity index (χ3v) is 5.61. The van der Waals surface area contributed by atoms with E-state index in [-0.39, 0.29) is 6.04 Å². The van der Waals surface area contributed by atoms with Crippen LogP contribution in [0.5, 0.6) is 0 Å². The lowest BCUT2D eigenvalue weighted by atomic mass is 9.98. The third kappa shape index (κ3) is 3.47. The van der Waals surface area contributed by atoms with E-state index >= 15 is 0 Å².